The summed E-state index contributed by atoms with van der Waals surface area (Å²) < 4.78 is 7.44. The fourth-order valence-corrected chi connectivity index (χ4v) is 2.92. The summed E-state index contributed by atoms with van der Waals surface area (Å²) in [6.45, 7) is 8.16. The van der Waals surface area contributed by atoms with Gasteiger partial charge in [-0.25, -0.2) is 0 Å². The Kier molecular flexibility index (Phi) is 7.92. The van der Waals surface area contributed by atoms with E-state index in [4.69, 9.17) is 17.0 Å². The lowest BCUT2D eigenvalue weighted by atomic mass is 10.2. The Labute approximate surface area is 147 Å². The number of nitrogens with one attached hydrogen (secondary N) is 2. The van der Waals surface area contributed by atoms with Crippen LogP contribution in [-0.4, -0.2) is 24.0 Å². The molecule has 21 heavy (non-hydrogen) atoms. The molecule has 0 fully saturated rings. The molecule has 0 amide bonds. The van der Waals surface area contributed by atoms with Crippen LogP contribution in [0.4, 0.5) is 0 Å². The zero-order chi connectivity index (χ0) is 15.8. The fraction of sp³-hybridized carbons (Fsp3) is 0.286. The number of ether oxygens (including phenoxy) is 1. The van der Waals surface area contributed by atoms with Gasteiger partial charge in [0.05, 0.1) is 21.3 Å². The number of benzene rings is 1. The normalized spacial score (nSPS) is 10.7. The first-order valence-corrected chi connectivity index (χ1v) is 8.27. The fourth-order valence-electron chi connectivity index (χ4n) is 1.37. The van der Waals surface area contributed by atoms with Crippen LogP contribution in [0, 0.1) is 0 Å². The summed E-state index contributed by atoms with van der Waals surface area (Å²) in [7, 11) is 0. The Morgan fingerprint density at radius 2 is 2.05 bits per heavy atom. The molecule has 0 aromatic heterocycles. The molecule has 0 radical (unpaired) electrons. The van der Waals surface area contributed by atoms with Crippen molar-refractivity contribution < 1.29 is 4.74 Å². The summed E-state index contributed by atoms with van der Waals surface area (Å²) >= 11 is 12.0. The molecule has 0 aliphatic heterocycles. The van der Waals surface area contributed by atoms with Crippen molar-refractivity contribution in [1.82, 2.24) is 10.7 Å². The Morgan fingerprint density at radius 3 is 2.57 bits per heavy atom. The van der Waals surface area contributed by atoms with Crippen LogP contribution in [0.25, 0.3) is 0 Å². The van der Waals surface area contributed by atoms with E-state index in [1.807, 2.05) is 26.0 Å². The molecule has 1 aromatic carbocycles. The van der Waals surface area contributed by atoms with Crippen molar-refractivity contribution in [2.45, 2.75) is 20.0 Å². The monoisotopic (exact) mass is 433 g/mol. The molecule has 114 valence electrons. The molecule has 0 spiro atoms. The topological polar surface area (TPSA) is 45.7 Å². The van der Waals surface area contributed by atoms with Gasteiger partial charge in [0.2, 0.25) is 0 Å². The molecule has 0 unspecified atom stereocenters. The second-order valence-electron chi connectivity index (χ2n) is 4.35. The van der Waals surface area contributed by atoms with Crippen LogP contribution in [0.3, 0.4) is 0 Å². The van der Waals surface area contributed by atoms with Gasteiger partial charge in [-0.2, -0.15) is 5.10 Å². The molecule has 0 aliphatic rings. The third-order valence-electron chi connectivity index (χ3n) is 2.16. The van der Waals surface area contributed by atoms with Gasteiger partial charge >= 0.3 is 0 Å². The van der Waals surface area contributed by atoms with Gasteiger partial charge < -0.3 is 10.1 Å². The largest absolute Gasteiger partial charge is 0.489 e. The molecule has 0 bridgehead atoms. The quantitative estimate of drug-likeness (QED) is 0.307. The Bertz CT molecular complexity index is 524. The van der Waals surface area contributed by atoms with E-state index in [2.05, 4.69) is 54.3 Å². The Balaban J connectivity index is 2.72. The van der Waals surface area contributed by atoms with Crippen molar-refractivity contribution in [3.8, 4) is 5.75 Å². The summed E-state index contributed by atoms with van der Waals surface area (Å²) in [6.07, 6.45) is 3.50. The van der Waals surface area contributed by atoms with E-state index in [1.54, 1.807) is 12.3 Å². The molecule has 0 atom stereocenters. The van der Waals surface area contributed by atoms with Crippen LogP contribution in [0.15, 0.2) is 38.8 Å². The molecule has 1 aromatic rings. The summed E-state index contributed by atoms with van der Waals surface area (Å²) in [5.41, 5.74) is 3.64. The molecular weight excluding hydrogens is 418 g/mol. The molecule has 0 aliphatic carbocycles. The minimum Gasteiger partial charge on any atom is -0.489 e. The first-order valence-electron chi connectivity index (χ1n) is 6.27. The highest BCUT2D eigenvalue weighted by Gasteiger charge is 2.09. The molecule has 0 saturated heterocycles. The minimum absolute atomic E-state index is 0.104. The van der Waals surface area contributed by atoms with Crippen LogP contribution in [-0.2, 0) is 0 Å². The molecular formula is C14H17Br2N3OS. The van der Waals surface area contributed by atoms with Crippen molar-refractivity contribution in [2.75, 3.05) is 6.54 Å². The lowest BCUT2D eigenvalue weighted by Gasteiger charge is -2.13. The van der Waals surface area contributed by atoms with Gasteiger partial charge in [0.15, 0.2) is 5.11 Å². The molecule has 0 saturated carbocycles. The van der Waals surface area contributed by atoms with Crippen molar-refractivity contribution in [1.29, 1.82) is 0 Å². The SMILES string of the molecule is C=CCNC(=S)N/N=C/c1cc(Br)c(OC(C)C)c(Br)c1. The maximum Gasteiger partial charge on any atom is 0.187 e. The van der Waals surface area contributed by atoms with Gasteiger partial charge in [-0.05, 0) is 75.6 Å². The second kappa shape index (κ2) is 9.17. The number of nitrogens with zero attached hydrogens (tertiary/aromatic N) is 1. The van der Waals surface area contributed by atoms with Gasteiger partial charge in [-0.1, -0.05) is 6.08 Å². The van der Waals surface area contributed by atoms with E-state index >= 15 is 0 Å². The third kappa shape index (κ3) is 6.58. The van der Waals surface area contributed by atoms with Gasteiger partial charge in [-0.15, -0.1) is 6.58 Å². The van der Waals surface area contributed by atoms with Crippen LogP contribution in [0.1, 0.15) is 19.4 Å². The van der Waals surface area contributed by atoms with E-state index in [1.165, 1.54) is 0 Å². The van der Waals surface area contributed by atoms with Crippen molar-refractivity contribution in [2.24, 2.45) is 5.10 Å². The van der Waals surface area contributed by atoms with E-state index in [0.29, 0.717) is 11.7 Å². The third-order valence-corrected chi connectivity index (χ3v) is 3.57. The number of hydrogen-bond acceptors (Lipinski definition) is 3. The first kappa shape index (κ1) is 18.1. The number of halogens is 2. The highest BCUT2D eigenvalue weighted by Crippen LogP contribution is 2.35. The number of rotatable bonds is 6. The molecule has 7 heteroatoms. The zero-order valence-electron chi connectivity index (χ0n) is 11.8. The van der Waals surface area contributed by atoms with Crippen molar-refractivity contribution in [3.05, 3.63) is 39.3 Å². The summed E-state index contributed by atoms with van der Waals surface area (Å²) in [4.78, 5) is 0. The van der Waals surface area contributed by atoms with E-state index < -0.39 is 0 Å². The molecule has 0 heterocycles. The van der Waals surface area contributed by atoms with Crippen LogP contribution in [0.5, 0.6) is 5.75 Å². The van der Waals surface area contributed by atoms with Crippen LogP contribution in [0.2, 0.25) is 0 Å². The van der Waals surface area contributed by atoms with Gasteiger partial charge in [-0.3, -0.25) is 5.43 Å². The van der Waals surface area contributed by atoms with Gasteiger partial charge in [0.25, 0.3) is 0 Å². The van der Waals surface area contributed by atoms with Gasteiger partial charge in [0.1, 0.15) is 5.75 Å². The number of thiocarbonyl (C=S) groups is 1. The molecule has 4 nitrogen and oxygen atoms in total. The molecule has 1 rings (SSSR count). The predicted molar refractivity (Wildman–Crippen MR) is 99.1 cm³/mol. The minimum atomic E-state index is 0.104. The van der Waals surface area contributed by atoms with Crippen LogP contribution < -0.4 is 15.5 Å². The Hall–Kier alpha value is -0.920. The smallest absolute Gasteiger partial charge is 0.187 e. The maximum absolute atomic E-state index is 5.72. The number of hydrogen-bond donors (Lipinski definition) is 2. The summed E-state index contributed by atoms with van der Waals surface area (Å²) in [5, 5.41) is 7.44. The van der Waals surface area contributed by atoms with E-state index in [0.717, 1.165) is 20.3 Å². The molecule has 2 N–H and O–H groups in total. The Morgan fingerprint density at radius 1 is 1.43 bits per heavy atom. The average Bonchev–Trinajstić information content (AvgIpc) is 2.40. The summed E-state index contributed by atoms with van der Waals surface area (Å²) in [5.74, 6) is 0.776. The zero-order valence-corrected chi connectivity index (χ0v) is 15.8. The van der Waals surface area contributed by atoms with Gasteiger partial charge in [0, 0.05) is 6.54 Å². The van der Waals surface area contributed by atoms with E-state index in [9.17, 15) is 0 Å². The first-order chi connectivity index (χ1) is 9.93. The highest BCUT2D eigenvalue weighted by molar-refractivity contribution is 9.11. The lowest BCUT2D eigenvalue weighted by Crippen LogP contribution is -2.31. The second-order valence-corrected chi connectivity index (χ2v) is 6.47. The maximum atomic E-state index is 5.72. The van der Waals surface area contributed by atoms with E-state index in [-0.39, 0.29) is 6.10 Å². The van der Waals surface area contributed by atoms with Crippen molar-refractivity contribution in [3.63, 3.8) is 0 Å². The number of hydrazone groups is 1. The average molecular weight is 435 g/mol. The predicted octanol–water partition coefficient (Wildman–Crippen LogP) is 3.98. The standard InChI is InChI=1S/C14H17Br2N3OS/c1-4-5-17-14(21)19-18-8-10-6-11(15)13(12(16)7-10)20-9(2)3/h4,6-9H,1,5H2,2-3H3,(H2,17,19,21)/b18-8+. The lowest BCUT2D eigenvalue weighted by molar-refractivity contribution is 0.239. The summed E-state index contributed by atoms with van der Waals surface area (Å²) in [6, 6.07) is 3.85. The van der Waals surface area contributed by atoms with Crippen molar-refractivity contribution >= 4 is 55.4 Å². The highest BCUT2D eigenvalue weighted by atomic mass is 79.9. The van der Waals surface area contributed by atoms with Crippen LogP contribution >= 0.6 is 44.1 Å².